The van der Waals surface area contributed by atoms with E-state index in [0.29, 0.717) is 0 Å². The summed E-state index contributed by atoms with van der Waals surface area (Å²) >= 11 is 0. The van der Waals surface area contributed by atoms with Crippen molar-refractivity contribution < 1.29 is 0 Å². The minimum absolute atomic E-state index is 0.533. The van der Waals surface area contributed by atoms with Gasteiger partial charge in [0.05, 0.1) is 5.54 Å². The SMILES string of the molecule is C1=CC(c2ccc(-c3ccccc3)cc2)(N(c2ccc(-c3ccccc3)cc2)c2ccc(-c3ccccc3)cc2)CC=C1c1ccc(Nc2ccc(-c3ccccc3)cc2)cc1. The van der Waals surface area contributed by atoms with Crippen molar-refractivity contribution in [3.8, 4) is 44.5 Å². The van der Waals surface area contributed by atoms with E-state index in [1.807, 2.05) is 0 Å². The summed E-state index contributed by atoms with van der Waals surface area (Å²) in [5.41, 5.74) is 17.1. The first kappa shape index (κ1) is 38.3. The lowest BCUT2D eigenvalue weighted by Crippen LogP contribution is -2.42. The highest BCUT2D eigenvalue weighted by Gasteiger charge is 2.39. The normalized spacial score (nSPS) is 14.5. The number of benzene rings is 9. The number of rotatable bonds is 11. The van der Waals surface area contributed by atoms with Crippen LogP contribution in [0.4, 0.5) is 22.7 Å². The molecule has 0 fully saturated rings. The third kappa shape index (κ3) is 8.02. The molecule has 1 aliphatic rings. The average Bonchev–Trinajstić information content (AvgIpc) is 3.36. The third-order valence-electron chi connectivity index (χ3n) is 12.0. The Kier molecular flexibility index (Phi) is 10.7. The van der Waals surface area contributed by atoms with Crippen LogP contribution >= 0.6 is 0 Å². The van der Waals surface area contributed by atoms with Gasteiger partial charge < -0.3 is 10.2 Å². The smallest absolute Gasteiger partial charge is 0.0923 e. The lowest BCUT2D eigenvalue weighted by Gasteiger charge is -2.45. The molecule has 9 aromatic carbocycles. The van der Waals surface area contributed by atoms with E-state index in [0.717, 1.165) is 29.2 Å². The molecule has 1 aliphatic carbocycles. The van der Waals surface area contributed by atoms with Gasteiger partial charge in [0.1, 0.15) is 0 Å². The van der Waals surface area contributed by atoms with Crippen LogP contribution in [-0.2, 0) is 5.54 Å². The van der Waals surface area contributed by atoms with Crippen molar-refractivity contribution in [3.05, 3.63) is 272 Å². The van der Waals surface area contributed by atoms with Crippen LogP contribution in [0.1, 0.15) is 17.5 Å². The van der Waals surface area contributed by atoms with Gasteiger partial charge in [0, 0.05) is 22.7 Å². The average molecular weight is 795 g/mol. The Morgan fingerprint density at radius 1 is 0.323 bits per heavy atom. The summed E-state index contributed by atoms with van der Waals surface area (Å²) in [5.74, 6) is 0. The summed E-state index contributed by atoms with van der Waals surface area (Å²) in [7, 11) is 0. The molecule has 0 spiro atoms. The molecule has 0 radical (unpaired) electrons. The number of allylic oxidation sites excluding steroid dienone is 2. The molecular weight excluding hydrogens is 749 g/mol. The molecule has 2 heteroatoms. The maximum atomic E-state index is 3.60. The molecule has 296 valence electrons. The quantitative estimate of drug-likeness (QED) is 0.140. The van der Waals surface area contributed by atoms with Crippen molar-refractivity contribution in [2.24, 2.45) is 0 Å². The minimum Gasteiger partial charge on any atom is -0.356 e. The lowest BCUT2D eigenvalue weighted by molar-refractivity contribution is 0.548. The first-order chi connectivity index (χ1) is 30.7. The number of nitrogens with zero attached hydrogens (tertiary/aromatic N) is 1. The number of hydrogen-bond donors (Lipinski definition) is 1. The van der Waals surface area contributed by atoms with E-state index >= 15 is 0 Å². The second-order valence-corrected chi connectivity index (χ2v) is 15.9. The van der Waals surface area contributed by atoms with E-state index in [2.05, 4.69) is 271 Å². The maximum Gasteiger partial charge on any atom is 0.0923 e. The summed E-state index contributed by atoms with van der Waals surface area (Å²) in [4.78, 5) is 2.54. The molecule has 1 atom stereocenters. The summed E-state index contributed by atoms with van der Waals surface area (Å²) in [5, 5.41) is 3.60. The van der Waals surface area contributed by atoms with E-state index in [1.165, 1.54) is 61.2 Å². The fraction of sp³-hybridized carbons (Fsp3) is 0.0333. The van der Waals surface area contributed by atoms with Gasteiger partial charge in [-0.15, -0.1) is 0 Å². The van der Waals surface area contributed by atoms with Crippen LogP contribution in [0.3, 0.4) is 0 Å². The highest BCUT2D eigenvalue weighted by Crippen LogP contribution is 2.47. The zero-order valence-corrected chi connectivity index (χ0v) is 34.5. The van der Waals surface area contributed by atoms with Crippen LogP contribution in [0, 0.1) is 0 Å². The highest BCUT2D eigenvalue weighted by molar-refractivity contribution is 5.81. The van der Waals surface area contributed by atoms with Crippen LogP contribution in [0.5, 0.6) is 0 Å². The lowest BCUT2D eigenvalue weighted by atomic mass is 9.78. The molecule has 0 aromatic heterocycles. The Hall–Kier alpha value is -7.94. The van der Waals surface area contributed by atoms with Crippen molar-refractivity contribution >= 4 is 28.3 Å². The van der Waals surface area contributed by atoms with Gasteiger partial charge in [-0.1, -0.05) is 212 Å². The Labute approximate surface area is 365 Å². The van der Waals surface area contributed by atoms with Crippen molar-refractivity contribution in [2.75, 3.05) is 10.2 Å². The summed E-state index contributed by atoms with van der Waals surface area (Å²) < 4.78 is 0. The Morgan fingerprint density at radius 2 is 0.645 bits per heavy atom. The molecular formula is C60H46N2. The van der Waals surface area contributed by atoms with Gasteiger partial charge in [0.2, 0.25) is 0 Å². The summed E-state index contributed by atoms with van der Waals surface area (Å²) in [6, 6.07) is 87.1. The predicted molar refractivity (Wildman–Crippen MR) is 263 cm³/mol. The van der Waals surface area contributed by atoms with Gasteiger partial charge >= 0.3 is 0 Å². The fourth-order valence-corrected chi connectivity index (χ4v) is 8.70. The zero-order chi connectivity index (χ0) is 41.6. The Balaban J connectivity index is 1.01. The van der Waals surface area contributed by atoms with Crippen LogP contribution in [0.25, 0.3) is 50.1 Å². The van der Waals surface area contributed by atoms with Gasteiger partial charge in [-0.25, -0.2) is 0 Å². The molecule has 62 heavy (non-hydrogen) atoms. The van der Waals surface area contributed by atoms with Gasteiger partial charge in [0.15, 0.2) is 0 Å². The molecule has 1 unspecified atom stereocenters. The number of hydrogen-bond acceptors (Lipinski definition) is 2. The van der Waals surface area contributed by atoms with E-state index in [9.17, 15) is 0 Å². The molecule has 0 saturated heterocycles. The zero-order valence-electron chi connectivity index (χ0n) is 34.5. The largest absolute Gasteiger partial charge is 0.356 e. The highest BCUT2D eigenvalue weighted by atomic mass is 15.2. The predicted octanol–water partition coefficient (Wildman–Crippen LogP) is 16.2. The molecule has 9 aromatic rings. The molecule has 0 amide bonds. The van der Waals surface area contributed by atoms with Crippen LogP contribution < -0.4 is 10.2 Å². The third-order valence-corrected chi connectivity index (χ3v) is 12.0. The van der Waals surface area contributed by atoms with Crippen molar-refractivity contribution in [1.29, 1.82) is 0 Å². The maximum absolute atomic E-state index is 3.60. The molecule has 0 saturated carbocycles. The standard InChI is InChI=1S/C60H46N2/c1-5-13-45(14-6-1)49-21-31-55(32-22-49)60(43-41-54(42-44-60)51-25-35-57(36-26-51)61-56-33-23-50(24-34-56)46-15-7-2-8-16-46)62(58-37-27-52(28-38-58)47-17-9-3-10-18-47)59-39-29-53(30-40-59)48-19-11-4-12-20-48/h1-43,61H,44H2. The van der Waals surface area contributed by atoms with Crippen LogP contribution in [-0.4, -0.2) is 0 Å². The van der Waals surface area contributed by atoms with E-state index < -0.39 is 5.54 Å². The van der Waals surface area contributed by atoms with Gasteiger partial charge in [0.25, 0.3) is 0 Å². The van der Waals surface area contributed by atoms with Gasteiger partial charge in [-0.05, 0) is 116 Å². The molecule has 0 aliphatic heterocycles. The van der Waals surface area contributed by atoms with Crippen molar-refractivity contribution in [3.63, 3.8) is 0 Å². The van der Waals surface area contributed by atoms with Gasteiger partial charge in [-0.3, -0.25) is 0 Å². The van der Waals surface area contributed by atoms with Crippen LogP contribution in [0.2, 0.25) is 0 Å². The van der Waals surface area contributed by atoms with E-state index in [4.69, 9.17) is 0 Å². The molecule has 0 bridgehead atoms. The molecule has 1 N–H and O–H groups in total. The minimum atomic E-state index is -0.533. The summed E-state index contributed by atoms with van der Waals surface area (Å²) in [6.45, 7) is 0. The fourth-order valence-electron chi connectivity index (χ4n) is 8.70. The molecule has 2 nitrogen and oxygen atoms in total. The van der Waals surface area contributed by atoms with Crippen LogP contribution in [0.15, 0.2) is 261 Å². The Bertz CT molecular complexity index is 2840. The monoisotopic (exact) mass is 794 g/mol. The van der Waals surface area contributed by atoms with Crippen molar-refractivity contribution in [2.45, 2.75) is 12.0 Å². The van der Waals surface area contributed by atoms with E-state index in [-0.39, 0.29) is 0 Å². The Morgan fingerprint density at radius 3 is 1.00 bits per heavy atom. The first-order valence-electron chi connectivity index (χ1n) is 21.4. The van der Waals surface area contributed by atoms with Crippen molar-refractivity contribution in [1.82, 2.24) is 0 Å². The second-order valence-electron chi connectivity index (χ2n) is 15.9. The number of anilines is 4. The second kappa shape index (κ2) is 17.3. The molecule has 0 heterocycles. The topological polar surface area (TPSA) is 15.3 Å². The molecule has 10 rings (SSSR count). The number of nitrogens with one attached hydrogen (secondary N) is 1. The first-order valence-corrected chi connectivity index (χ1v) is 21.4. The van der Waals surface area contributed by atoms with E-state index in [1.54, 1.807) is 0 Å². The van der Waals surface area contributed by atoms with Gasteiger partial charge in [-0.2, -0.15) is 0 Å². The summed E-state index contributed by atoms with van der Waals surface area (Å²) in [6.07, 6.45) is 7.93.